The number of nitrogens with two attached hydrogens (primary N) is 2. The van der Waals surface area contributed by atoms with Gasteiger partial charge in [0.1, 0.15) is 0 Å². The van der Waals surface area contributed by atoms with Crippen LogP contribution in [0, 0.1) is 5.92 Å². The van der Waals surface area contributed by atoms with E-state index in [2.05, 4.69) is 33.8 Å². The van der Waals surface area contributed by atoms with Crippen LogP contribution in [0.1, 0.15) is 40.5 Å². The average Bonchev–Trinajstić information content (AvgIpc) is 2.15. The highest BCUT2D eigenvalue weighted by molar-refractivity contribution is 5.40. The Morgan fingerprint density at radius 1 is 1.36 bits per heavy atom. The molecule has 80 valence electrons. The zero-order valence-electron chi connectivity index (χ0n) is 9.72. The van der Waals surface area contributed by atoms with Crippen molar-refractivity contribution in [3.8, 4) is 0 Å². The van der Waals surface area contributed by atoms with E-state index in [1.807, 2.05) is 0 Å². The summed E-state index contributed by atoms with van der Waals surface area (Å²) in [7, 11) is 0. The minimum atomic E-state index is -0.266. The molecular weight excluding hydrogens is 172 g/mol. The fraction of sp³-hybridized carbons (Fsp3) is 0.667. The molecule has 0 aromatic carbocycles. The molecule has 0 saturated carbocycles. The number of rotatable bonds is 2. The van der Waals surface area contributed by atoms with Gasteiger partial charge in [-0.1, -0.05) is 26.8 Å². The second-order valence-corrected chi connectivity index (χ2v) is 4.36. The summed E-state index contributed by atoms with van der Waals surface area (Å²) in [4.78, 5) is 0. The first-order valence-electron chi connectivity index (χ1n) is 5.43. The molecule has 0 aliphatic heterocycles. The number of allylic oxidation sites excluding steroid dienone is 2. The predicted molar refractivity (Wildman–Crippen MR) is 61.6 cm³/mol. The Kier molecular flexibility index (Phi) is 3.05. The van der Waals surface area contributed by atoms with Crippen molar-refractivity contribution in [1.29, 1.82) is 0 Å². The first-order valence-corrected chi connectivity index (χ1v) is 5.43. The highest BCUT2D eigenvalue weighted by Gasteiger charge is 2.35. The summed E-state index contributed by atoms with van der Waals surface area (Å²) in [5, 5.41) is 0. The summed E-state index contributed by atoms with van der Waals surface area (Å²) in [5.74, 6) is 0.248. The Morgan fingerprint density at radius 3 is 2.36 bits per heavy atom. The Labute approximate surface area is 87.0 Å². The molecule has 2 heteroatoms. The quantitative estimate of drug-likeness (QED) is 0.708. The topological polar surface area (TPSA) is 52.0 Å². The zero-order chi connectivity index (χ0) is 10.9. The van der Waals surface area contributed by atoms with Gasteiger partial charge in [0.25, 0.3) is 0 Å². The fourth-order valence-corrected chi connectivity index (χ4v) is 2.12. The molecule has 4 N–H and O–H groups in total. The van der Waals surface area contributed by atoms with E-state index < -0.39 is 0 Å². The third kappa shape index (κ3) is 1.59. The van der Waals surface area contributed by atoms with E-state index >= 15 is 0 Å². The summed E-state index contributed by atoms with van der Waals surface area (Å²) in [6, 6.07) is 0. The van der Waals surface area contributed by atoms with Crippen molar-refractivity contribution >= 4 is 0 Å². The van der Waals surface area contributed by atoms with Crippen LogP contribution in [-0.2, 0) is 0 Å². The lowest BCUT2D eigenvalue weighted by molar-refractivity contribution is 0.394. The van der Waals surface area contributed by atoms with Crippen LogP contribution in [0.15, 0.2) is 22.9 Å². The molecule has 0 spiro atoms. The SMILES string of the molecule is CCC1=CC(CC)=C(N)C(C)C1(C)N. The summed E-state index contributed by atoms with van der Waals surface area (Å²) in [6.45, 7) is 8.48. The van der Waals surface area contributed by atoms with E-state index in [0.717, 1.165) is 18.5 Å². The summed E-state index contributed by atoms with van der Waals surface area (Å²) >= 11 is 0. The van der Waals surface area contributed by atoms with Gasteiger partial charge in [0.15, 0.2) is 0 Å². The standard InChI is InChI=1S/C12H22N2/c1-5-9-7-10(6-2)12(4,14)8(3)11(9)13/h7-8H,5-6,13-14H2,1-4H3. The van der Waals surface area contributed by atoms with Crippen LogP contribution >= 0.6 is 0 Å². The molecule has 2 nitrogen and oxygen atoms in total. The van der Waals surface area contributed by atoms with E-state index in [-0.39, 0.29) is 11.5 Å². The normalized spacial score (nSPS) is 33.2. The molecule has 14 heavy (non-hydrogen) atoms. The summed E-state index contributed by atoms with van der Waals surface area (Å²) < 4.78 is 0. The van der Waals surface area contributed by atoms with Crippen molar-refractivity contribution in [1.82, 2.24) is 0 Å². The van der Waals surface area contributed by atoms with Crippen LogP contribution in [0.25, 0.3) is 0 Å². The lowest BCUT2D eigenvalue weighted by Crippen LogP contribution is -2.48. The maximum absolute atomic E-state index is 6.30. The van der Waals surface area contributed by atoms with E-state index in [9.17, 15) is 0 Å². The average molecular weight is 194 g/mol. The van der Waals surface area contributed by atoms with E-state index in [4.69, 9.17) is 11.5 Å². The van der Waals surface area contributed by atoms with Gasteiger partial charge in [0.05, 0.1) is 0 Å². The summed E-state index contributed by atoms with van der Waals surface area (Å²) in [6.07, 6.45) is 4.19. The van der Waals surface area contributed by atoms with Crippen molar-refractivity contribution in [3.05, 3.63) is 22.9 Å². The Bertz CT molecular complexity index is 285. The van der Waals surface area contributed by atoms with Gasteiger partial charge in [0, 0.05) is 17.2 Å². The predicted octanol–water partition coefficient (Wildman–Crippen LogP) is 2.31. The largest absolute Gasteiger partial charge is 0.402 e. The molecule has 0 bridgehead atoms. The third-order valence-electron chi connectivity index (χ3n) is 3.54. The molecule has 1 aliphatic carbocycles. The van der Waals surface area contributed by atoms with Crippen LogP contribution in [-0.4, -0.2) is 5.54 Å². The van der Waals surface area contributed by atoms with Crippen LogP contribution < -0.4 is 11.5 Å². The first-order chi connectivity index (χ1) is 6.45. The minimum absolute atomic E-state index is 0.248. The Hall–Kier alpha value is -0.760. The van der Waals surface area contributed by atoms with E-state index in [1.54, 1.807) is 0 Å². The zero-order valence-corrected chi connectivity index (χ0v) is 9.72. The molecule has 1 aliphatic rings. The Morgan fingerprint density at radius 2 is 1.93 bits per heavy atom. The smallest absolute Gasteiger partial charge is 0.0424 e. The first kappa shape index (κ1) is 11.3. The fourth-order valence-electron chi connectivity index (χ4n) is 2.12. The highest BCUT2D eigenvalue weighted by atomic mass is 14.8. The van der Waals surface area contributed by atoms with Crippen LogP contribution in [0.5, 0.6) is 0 Å². The lowest BCUT2D eigenvalue weighted by Gasteiger charge is -2.38. The molecule has 0 radical (unpaired) electrons. The van der Waals surface area contributed by atoms with Gasteiger partial charge in [-0.25, -0.2) is 0 Å². The molecule has 0 amide bonds. The van der Waals surface area contributed by atoms with Crippen molar-refractivity contribution in [2.24, 2.45) is 17.4 Å². The van der Waals surface area contributed by atoms with Crippen LogP contribution in [0.2, 0.25) is 0 Å². The van der Waals surface area contributed by atoms with Crippen LogP contribution in [0.3, 0.4) is 0 Å². The molecule has 0 aromatic rings. The van der Waals surface area contributed by atoms with Gasteiger partial charge in [-0.2, -0.15) is 0 Å². The number of hydrogen-bond donors (Lipinski definition) is 2. The van der Waals surface area contributed by atoms with Crippen molar-refractivity contribution in [3.63, 3.8) is 0 Å². The van der Waals surface area contributed by atoms with Gasteiger partial charge < -0.3 is 11.5 Å². The summed E-state index contributed by atoms with van der Waals surface area (Å²) in [5.41, 5.74) is 15.7. The molecule has 0 fully saturated rings. The second kappa shape index (κ2) is 3.77. The minimum Gasteiger partial charge on any atom is -0.402 e. The van der Waals surface area contributed by atoms with E-state index in [1.165, 1.54) is 11.1 Å². The van der Waals surface area contributed by atoms with Gasteiger partial charge in [0.2, 0.25) is 0 Å². The maximum Gasteiger partial charge on any atom is 0.0424 e. The lowest BCUT2D eigenvalue weighted by atomic mass is 9.73. The number of hydrogen-bond acceptors (Lipinski definition) is 2. The van der Waals surface area contributed by atoms with Crippen LogP contribution in [0.4, 0.5) is 0 Å². The molecule has 2 unspecified atom stereocenters. The Balaban J connectivity index is 3.17. The maximum atomic E-state index is 6.30. The third-order valence-corrected chi connectivity index (χ3v) is 3.54. The van der Waals surface area contributed by atoms with Gasteiger partial charge in [-0.3, -0.25) is 0 Å². The molecule has 2 atom stereocenters. The van der Waals surface area contributed by atoms with Crippen molar-refractivity contribution in [2.75, 3.05) is 0 Å². The molecule has 0 heterocycles. The monoisotopic (exact) mass is 194 g/mol. The second-order valence-electron chi connectivity index (χ2n) is 4.36. The van der Waals surface area contributed by atoms with E-state index in [0.29, 0.717) is 0 Å². The molecular formula is C12H22N2. The molecule has 1 rings (SSSR count). The van der Waals surface area contributed by atoms with Gasteiger partial charge in [-0.15, -0.1) is 0 Å². The van der Waals surface area contributed by atoms with Crippen molar-refractivity contribution in [2.45, 2.75) is 46.1 Å². The highest BCUT2D eigenvalue weighted by Crippen LogP contribution is 2.36. The van der Waals surface area contributed by atoms with Crippen molar-refractivity contribution < 1.29 is 0 Å². The molecule has 0 saturated heterocycles. The molecule has 0 aromatic heterocycles. The van der Waals surface area contributed by atoms with Gasteiger partial charge >= 0.3 is 0 Å². The van der Waals surface area contributed by atoms with Gasteiger partial charge in [-0.05, 0) is 30.9 Å².